The molecule has 2 unspecified atom stereocenters. The average molecular weight is 339 g/mol. The van der Waals surface area contributed by atoms with Crippen LogP contribution in [0.15, 0.2) is 41.1 Å². The Kier molecular flexibility index (Phi) is 4.45. The molecule has 0 amide bonds. The van der Waals surface area contributed by atoms with E-state index >= 15 is 0 Å². The second-order valence-corrected chi connectivity index (χ2v) is 7.80. The van der Waals surface area contributed by atoms with Crippen molar-refractivity contribution in [3.63, 3.8) is 0 Å². The summed E-state index contributed by atoms with van der Waals surface area (Å²) in [5.74, 6) is 0.883. The van der Waals surface area contributed by atoms with E-state index < -0.39 is 0 Å². The second kappa shape index (κ2) is 6.32. The number of nitrogens with one attached hydrogen (secondary N) is 1. The highest BCUT2D eigenvalue weighted by molar-refractivity contribution is 7.16. The Morgan fingerprint density at radius 1 is 1.29 bits per heavy atom. The predicted octanol–water partition coefficient (Wildman–Crippen LogP) is 5.20. The van der Waals surface area contributed by atoms with Gasteiger partial charge in [0, 0.05) is 16.0 Å². The summed E-state index contributed by atoms with van der Waals surface area (Å²) >= 11 is 9.34. The van der Waals surface area contributed by atoms with Crippen LogP contribution in [0.2, 0.25) is 4.34 Å². The summed E-state index contributed by atoms with van der Waals surface area (Å²) in [5, 5.41) is 4.66. The first-order chi connectivity index (χ1) is 10.1. The van der Waals surface area contributed by atoms with Crippen molar-refractivity contribution in [3.8, 4) is 0 Å². The van der Waals surface area contributed by atoms with Crippen LogP contribution in [0.1, 0.15) is 39.5 Å². The molecule has 3 heterocycles. The molecular weight excluding hydrogens is 324 g/mol. The molecule has 3 rings (SSSR count). The van der Waals surface area contributed by atoms with Crippen molar-refractivity contribution >= 4 is 34.3 Å². The monoisotopic (exact) mass is 338 g/mol. The lowest BCUT2D eigenvalue weighted by atomic mass is 10.1. The summed E-state index contributed by atoms with van der Waals surface area (Å²) in [7, 11) is 0. The van der Waals surface area contributed by atoms with Crippen LogP contribution in [-0.4, -0.2) is 4.98 Å². The number of hydrogen-bond donors (Lipinski definition) is 1. The van der Waals surface area contributed by atoms with E-state index in [0.717, 1.165) is 20.0 Å². The highest BCUT2D eigenvalue weighted by Gasteiger charge is 2.22. The summed E-state index contributed by atoms with van der Waals surface area (Å²) in [6.45, 7) is 4.18. The number of furan rings is 1. The van der Waals surface area contributed by atoms with Gasteiger partial charge >= 0.3 is 0 Å². The van der Waals surface area contributed by atoms with Crippen LogP contribution in [0, 0.1) is 6.92 Å². The summed E-state index contributed by atoms with van der Waals surface area (Å²) in [4.78, 5) is 6.80. The Morgan fingerprint density at radius 2 is 2.14 bits per heavy atom. The normalized spacial score (nSPS) is 14.2. The summed E-state index contributed by atoms with van der Waals surface area (Å²) < 4.78 is 6.36. The lowest BCUT2D eigenvalue weighted by Crippen LogP contribution is -2.24. The molecule has 0 aliphatic rings. The molecule has 0 saturated heterocycles. The molecule has 0 radical (unpaired) electrons. The second-order valence-electron chi connectivity index (χ2n) is 4.79. The maximum Gasteiger partial charge on any atom is 0.126 e. The van der Waals surface area contributed by atoms with Gasteiger partial charge in [0.25, 0.3) is 0 Å². The van der Waals surface area contributed by atoms with Gasteiger partial charge in [-0.05, 0) is 38.1 Å². The fraction of sp³-hybridized carbons (Fsp3) is 0.267. The first-order valence-electron chi connectivity index (χ1n) is 6.60. The standard InChI is InChI=1S/C15H15ClN2OS2/c1-9-8-17-15(20-9)10(2)18-14(11-4-3-7-19-11)12-5-6-13(16)21-12/h3-8,10,14,18H,1-2H3. The van der Waals surface area contributed by atoms with Crippen LogP contribution in [0.25, 0.3) is 0 Å². The Morgan fingerprint density at radius 3 is 2.71 bits per heavy atom. The molecule has 0 aliphatic heterocycles. The number of hydrogen-bond acceptors (Lipinski definition) is 5. The topological polar surface area (TPSA) is 38.1 Å². The van der Waals surface area contributed by atoms with E-state index in [0.29, 0.717) is 0 Å². The van der Waals surface area contributed by atoms with E-state index in [-0.39, 0.29) is 12.1 Å². The lowest BCUT2D eigenvalue weighted by Gasteiger charge is -2.19. The van der Waals surface area contributed by atoms with Crippen LogP contribution in [0.5, 0.6) is 0 Å². The number of aryl methyl sites for hydroxylation is 1. The first kappa shape index (κ1) is 14.8. The number of halogens is 1. The lowest BCUT2D eigenvalue weighted by molar-refractivity contribution is 0.422. The Labute approximate surface area is 136 Å². The van der Waals surface area contributed by atoms with Crippen LogP contribution >= 0.6 is 34.3 Å². The molecule has 110 valence electrons. The molecule has 0 spiro atoms. The minimum atomic E-state index is -0.0169. The zero-order valence-electron chi connectivity index (χ0n) is 11.7. The van der Waals surface area contributed by atoms with Crippen molar-refractivity contribution in [1.82, 2.24) is 10.3 Å². The zero-order valence-corrected chi connectivity index (χ0v) is 14.1. The van der Waals surface area contributed by atoms with Gasteiger partial charge in [0.1, 0.15) is 16.8 Å². The Bertz CT molecular complexity index is 705. The van der Waals surface area contributed by atoms with Gasteiger partial charge in [-0.15, -0.1) is 22.7 Å². The van der Waals surface area contributed by atoms with E-state index in [2.05, 4.69) is 24.1 Å². The van der Waals surface area contributed by atoms with Crippen LogP contribution < -0.4 is 5.32 Å². The molecular formula is C15H15ClN2OS2. The first-order valence-corrected chi connectivity index (χ1v) is 8.61. The third kappa shape index (κ3) is 3.37. The maximum absolute atomic E-state index is 6.07. The predicted molar refractivity (Wildman–Crippen MR) is 88.3 cm³/mol. The largest absolute Gasteiger partial charge is 0.467 e. The number of aromatic nitrogens is 1. The Hall–Kier alpha value is -1.14. The molecule has 3 aromatic heterocycles. The molecule has 3 nitrogen and oxygen atoms in total. The van der Waals surface area contributed by atoms with Crippen LogP contribution in [-0.2, 0) is 0 Å². The Balaban J connectivity index is 1.86. The SMILES string of the molecule is Cc1cnc(C(C)NC(c2ccco2)c2ccc(Cl)s2)s1. The minimum Gasteiger partial charge on any atom is -0.467 e. The number of thiazole rings is 1. The van der Waals surface area contributed by atoms with Crippen molar-refractivity contribution in [1.29, 1.82) is 0 Å². The molecule has 2 atom stereocenters. The average Bonchev–Trinajstić information content (AvgIpc) is 3.17. The van der Waals surface area contributed by atoms with Gasteiger partial charge in [0.05, 0.1) is 16.6 Å². The number of nitrogens with zero attached hydrogens (tertiary/aromatic N) is 1. The minimum absolute atomic E-state index is 0.0169. The number of thiophene rings is 1. The third-order valence-corrected chi connectivity index (χ3v) is 5.52. The summed E-state index contributed by atoms with van der Waals surface area (Å²) in [6.07, 6.45) is 3.60. The van der Waals surface area contributed by atoms with Gasteiger partial charge in [-0.3, -0.25) is 5.32 Å². The van der Waals surface area contributed by atoms with Crippen molar-refractivity contribution in [2.75, 3.05) is 0 Å². The molecule has 0 bridgehead atoms. The van der Waals surface area contributed by atoms with Gasteiger partial charge in [0.15, 0.2) is 0 Å². The van der Waals surface area contributed by atoms with Crippen molar-refractivity contribution < 1.29 is 4.42 Å². The molecule has 0 aliphatic carbocycles. The van der Waals surface area contributed by atoms with Crippen molar-refractivity contribution in [2.45, 2.75) is 25.9 Å². The quantitative estimate of drug-likeness (QED) is 0.694. The zero-order chi connectivity index (χ0) is 14.8. The molecule has 21 heavy (non-hydrogen) atoms. The highest BCUT2D eigenvalue weighted by Crippen LogP contribution is 2.33. The van der Waals surface area contributed by atoms with Gasteiger partial charge in [-0.1, -0.05) is 11.6 Å². The third-order valence-electron chi connectivity index (χ3n) is 3.13. The van der Waals surface area contributed by atoms with Crippen LogP contribution in [0.4, 0.5) is 0 Å². The van der Waals surface area contributed by atoms with Crippen molar-refractivity contribution in [2.24, 2.45) is 0 Å². The maximum atomic E-state index is 6.07. The van der Waals surface area contributed by atoms with Gasteiger partial charge in [-0.25, -0.2) is 4.98 Å². The van der Waals surface area contributed by atoms with E-state index in [1.54, 1.807) is 28.9 Å². The van der Waals surface area contributed by atoms with Gasteiger partial charge in [-0.2, -0.15) is 0 Å². The summed E-state index contributed by atoms with van der Waals surface area (Å²) in [6, 6.07) is 7.95. The van der Waals surface area contributed by atoms with Gasteiger partial charge < -0.3 is 4.42 Å². The van der Waals surface area contributed by atoms with E-state index in [1.165, 1.54) is 4.88 Å². The molecule has 6 heteroatoms. The molecule has 0 saturated carbocycles. The fourth-order valence-electron chi connectivity index (χ4n) is 2.14. The molecule has 0 aromatic carbocycles. The molecule has 1 N–H and O–H groups in total. The van der Waals surface area contributed by atoms with E-state index in [1.807, 2.05) is 30.5 Å². The van der Waals surface area contributed by atoms with Crippen LogP contribution in [0.3, 0.4) is 0 Å². The molecule has 0 fully saturated rings. The van der Waals surface area contributed by atoms with E-state index in [4.69, 9.17) is 16.0 Å². The fourth-order valence-corrected chi connectivity index (χ4v) is 4.05. The molecule has 3 aromatic rings. The number of rotatable bonds is 5. The highest BCUT2D eigenvalue weighted by atomic mass is 35.5. The van der Waals surface area contributed by atoms with Crippen molar-refractivity contribution in [3.05, 3.63) is 61.6 Å². The smallest absolute Gasteiger partial charge is 0.126 e. The van der Waals surface area contributed by atoms with Gasteiger partial charge in [0.2, 0.25) is 0 Å². The summed E-state index contributed by atoms with van der Waals surface area (Å²) in [5.41, 5.74) is 0. The van der Waals surface area contributed by atoms with E-state index in [9.17, 15) is 0 Å².